The van der Waals surface area contributed by atoms with Gasteiger partial charge in [-0.3, -0.25) is 4.79 Å². The first-order valence-electron chi connectivity index (χ1n) is 4.64. The van der Waals surface area contributed by atoms with E-state index in [1.54, 1.807) is 0 Å². The highest BCUT2D eigenvalue weighted by atomic mass is 16.2. The molecule has 0 aliphatic carbocycles. The zero-order valence-corrected chi connectivity index (χ0v) is 7.73. The molecule has 0 aromatic rings. The zero-order chi connectivity index (χ0) is 9.03. The number of hydrogen-bond acceptors (Lipinski definition) is 1. The molecular formula is C10H17NO. The molecule has 1 N–H and O–H groups in total. The van der Waals surface area contributed by atoms with Crippen molar-refractivity contribution in [3.63, 3.8) is 0 Å². The number of carbonyl (C=O) groups excluding carboxylic acids is 1. The van der Waals surface area contributed by atoms with Crippen molar-refractivity contribution in [3.05, 3.63) is 12.7 Å². The first-order valence-corrected chi connectivity index (χ1v) is 4.64. The molecule has 1 atom stereocenters. The van der Waals surface area contributed by atoms with Crippen molar-refractivity contribution in [2.24, 2.45) is 5.41 Å². The van der Waals surface area contributed by atoms with Crippen LogP contribution in [0.25, 0.3) is 0 Å². The van der Waals surface area contributed by atoms with Crippen LogP contribution in [0.15, 0.2) is 12.7 Å². The summed E-state index contributed by atoms with van der Waals surface area (Å²) in [6, 6.07) is 0. The third kappa shape index (κ3) is 1.52. The van der Waals surface area contributed by atoms with Gasteiger partial charge in [0.25, 0.3) is 0 Å². The van der Waals surface area contributed by atoms with E-state index < -0.39 is 0 Å². The van der Waals surface area contributed by atoms with Gasteiger partial charge in [-0.25, -0.2) is 0 Å². The van der Waals surface area contributed by atoms with Crippen molar-refractivity contribution >= 4 is 5.91 Å². The molecule has 0 aromatic heterocycles. The summed E-state index contributed by atoms with van der Waals surface area (Å²) in [7, 11) is 0. The van der Waals surface area contributed by atoms with Crippen molar-refractivity contribution in [3.8, 4) is 0 Å². The number of nitrogens with one attached hydrogen (secondary N) is 1. The second-order valence-electron chi connectivity index (χ2n) is 3.49. The van der Waals surface area contributed by atoms with E-state index in [0.717, 1.165) is 32.2 Å². The lowest BCUT2D eigenvalue weighted by Crippen LogP contribution is -2.45. The number of allylic oxidation sites excluding steroid dienone is 1. The maximum Gasteiger partial charge on any atom is 0.226 e. The van der Waals surface area contributed by atoms with E-state index in [1.165, 1.54) is 0 Å². The van der Waals surface area contributed by atoms with Gasteiger partial charge in [0.2, 0.25) is 5.91 Å². The maximum atomic E-state index is 11.6. The minimum atomic E-state index is -0.139. The third-order valence-electron chi connectivity index (χ3n) is 2.81. The topological polar surface area (TPSA) is 29.1 Å². The lowest BCUT2D eigenvalue weighted by Gasteiger charge is -2.34. The molecule has 1 saturated heterocycles. The summed E-state index contributed by atoms with van der Waals surface area (Å²) in [6.45, 7) is 6.62. The molecule has 1 heterocycles. The normalized spacial score (nSPS) is 29.6. The smallest absolute Gasteiger partial charge is 0.226 e. The van der Waals surface area contributed by atoms with E-state index in [0.29, 0.717) is 0 Å². The first-order chi connectivity index (χ1) is 5.75. The number of rotatable bonds is 3. The summed E-state index contributed by atoms with van der Waals surface area (Å²) in [5.74, 6) is 0.219. The van der Waals surface area contributed by atoms with Gasteiger partial charge in [-0.15, -0.1) is 6.58 Å². The molecule has 0 unspecified atom stereocenters. The highest BCUT2D eigenvalue weighted by Crippen LogP contribution is 2.34. The van der Waals surface area contributed by atoms with Crippen molar-refractivity contribution in [1.29, 1.82) is 0 Å². The van der Waals surface area contributed by atoms with Crippen molar-refractivity contribution < 1.29 is 4.79 Å². The molecule has 1 amide bonds. The molecule has 2 heteroatoms. The first kappa shape index (κ1) is 9.30. The summed E-state index contributed by atoms with van der Waals surface area (Å²) in [5.41, 5.74) is -0.139. The Kier molecular flexibility index (Phi) is 2.90. The number of piperidine rings is 1. The van der Waals surface area contributed by atoms with Crippen molar-refractivity contribution in [2.75, 3.05) is 6.54 Å². The Morgan fingerprint density at radius 1 is 1.75 bits per heavy atom. The van der Waals surface area contributed by atoms with E-state index in [4.69, 9.17) is 0 Å². The van der Waals surface area contributed by atoms with Gasteiger partial charge in [-0.05, 0) is 25.7 Å². The molecule has 1 aliphatic rings. The second-order valence-corrected chi connectivity index (χ2v) is 3.49. The Balaban J connectivity index is 2.73. The Morgan fingerprint density at radius 3 is 3.00 bits per heavy atom. The fourth-order valence-electron chi connectivity index (χ4n) is 1.88. The second kappa shape index (κ2) is 3.74. The van der Waals surface area contributed by atoms with E-state index in [9.17, 15) is 4.79 Å². The largest absolute Gasteiger partial charge is 0.356 e. The predicted molar refractivity (Wildman–Crippen MR) is 49.8 cm³/mol. The van der Waals surface area contributed by atoms with E-state index in [1.807, 2.05) is 6.08 Å². The predicted octanol–water partition coefficient (Wildman–Crippen LogP) is 1.87. The van der Waals surface area contributed by atoms with Crippen LogP contribution >= 0.6 is 0 Å². The van der Waals surface area contributed by atoms with Gasteiger partial charge in [0.05, 0.1) is 5.41 Å². The van der Waals surface area contributed by atoms with Crippen LogP contribution in [0, 0.1) is 5.41 Å². The molecule has 0 saturated carbocycles. The monoisotopic (exact) mass is 167 g/mol. The van der Waals surface area contributed by atoms with Crippen LogP contribution in [-0.2, 0) is 4.79 Å². The van der Waals surface area contributed by atoms with Crippen LogP contribution in [0.1, 0.15) is 32.6 Å². The number of hydrogen-bond donors (Lipinski definition) is 1. The van der Waals surface area contributed by atoms with E-state index in [-0.39, 0.29) is 11.3 Å². The molecule has 12 heavy (non-hydrogen) atoms. The molecule has 1 rings (SSSR count). The minimum Gasteiger partial charge on any atom is -0.356 e. The molecule has 0 bridgehead atoms. The Hall–Kier alpha value is -0.790. The molecule has 0 radical (unpaired) electrons. The summed E-state index contributed by atoms with van der Waals surface area (Å²) < 4.78 is 0. The van der Waals surface area contributed by atoms with Gasteiger partial charge in [0.1, 0.15) is 0 Å². The van der Waals surface area contributed by atoms with Gasteiger partial charge in [0, 0.05) is 6.54 Å². The number of carbonyl (C=O) groups is 1. The Morgan fingerprint density at radius 2 is 2.50 bits per heavy atom. The summed E-state index contributed by atoms with van der Waals surface area (Å²) in [4.78, 5) is 11.6. The van der Waals surface area contributed by atoms with Crippen LogP contribution in [-0.4, -0.2) is 12.5 Å². The maximum absolute atomic E-state index is 11.6. The van der Waals surface area contributed by atoms with Crippen LogP contribution in [0.3, 0.4) is 0 Å². The van der Waals surface area contributed by atoms with Crippen LogP contribution in [0.4, 0.5) is 0 Å². The molecule has 1 aliphatic heterocycles. The SMILES string of the molecule is C=CC[C@]1(CC)CCCNC1=O. The molecule has 2 nitrogen and oxygen atoms in total. The highest BCUT2D eigenvalue weighted by molar-refractivity contribution is 5.83. The Bertz CT molecular complexity index is 188. The quantitative estimate of drug-likeness (QED) is 0.639. The van der Waals surface area contributed by atoms with E-state index in [2.05, 4.69) is 18.8 Å². The summed E-state index contributed by atoms with van der Waals surface area (Å²) >= 11 is 0. The minimum absolute atomic E-state index is 0.139. The van der Waals surface area contributed by atoms with Crippen LogP contribution < -0.4 is 5.32 Å². The third-order valence-corrected chi connectivity index (χ3v) is 2.81. The average molecular weight is 167 g/mol. The van der Waals surface area contributed by atoms with Crippen molar-refractivity contribution in [2.45, 2.75) is 32.6 Å². The molecular weight excluding hydrogens is 150 g/mol. The average Bonchev–Trinajstić information content (AvgIpc) is 2.10. The fourth-order valence-corrected chi connectivity index (χ4v) is 1.88. The Labute approximate surface area is 74.0 Å². The molecule has 0 aromatic carbocycles. The summed E-state index contributed by atoms with van der Waals surface area (Å²) in [6.07, 6.45) is 5.71. The highest BCUT2D eigenvalue weighted by Gasteiger charge is 2.36. The van der Waals surface area contributed by atoms with Gasteiger partial charge < -0.3 is 5.32 Å². The van der Waals surface area contributed by atoms with Crippen molar-refractivity contribution in [1.82, 2.24) is 5.32 Å². The van der Waals surface area contributed by atoms with Gasteiger partial charge >= 0.3 is 0 Å². The molecule has 1 fully saturated rings. The van der Waals surface area contributed by atoms with E-state index >= 15 is 0 Å². The zero-order valence-electron chi connectivity index (χ0n) is 7.73. The lowest BCUT2D eigenvalue weighted by atomic mass is 9.75. The fraction of sp³-hybridized carbons (Fsp3) is 0.700. The van der Waals surface area contributed by atoms with Gasteiger partial charge in [-0.2, -0.15) is 0 Å². The van der Waals surface area contributed by atoms with Crippen LogP contribution in [0.2, 0.25) is 0 Å². The van der Waals surface area contributed by atoms with Crippen LogP contribution in [0.5, 0.6) is 0 Å². The van der Waals surface area contributed by atoms with Gasteiger partial charge in [-0.1, -0.05) is 13.0 Å². The number of amides is 1. The lowest BCUT2D eigenvalue weighted by molar-refractivity contribution is -0.133. The summed E-state index contributed by atoms with van der Waals surface area (Å²) in [5, 5.41) is 2.92. The standard InChI is InChI=1S/C10H17NO/c1-3-6-10(4-2)7-5-8-11-9(10)12/h3H,1,4-8H2,2H3,(H,11,12)/t10-/m1/s1. The molecule has 68 valence electrons. The van der Waals surface area contributed by atoms with Gasteiger partial charge in [0.15, 0.2) is 0 Å². The molecule has 0 spiro atoms.